The molecule has 0 saturated carbocycles. The van der Waals surface area contributed by atoms with Crippen LogP contribution in [0.3, 0.4) is 0 Å². The quantitative estimate of drug-likeness (QED) is 0.581. The van der Waals surface area contributed by atoms with E-state index >= 15 is 0 Å². The molecule has 6 heteroatoms. The maximum atomic E-state index is 5.49. The van der Waals surface area contributed by atoms with E-state index in [9.17, 15) is 0 Å². The van der Waals surface area contributed by atoms with Crippen molar-refractivity contribution in [3.05, 3.63) is 0 Å². The highest BCUT2D eigenvalue weighted by Crippen LogP contribution is 1.91. The van der Waals surface area contributed by atoms with Gasteiger partial charge in [-0.25, -0.2) is 0 Å². The van der Waals surface area contributed by atoms with E-state index in [0.29, 0.717) is 26.4 Å². The first-order chi connectivity index (χ1) is 10.8. The first-order valence-electron chi connectivity index (χ1n) is 8.57. The Bertz CT molecular complexity index is 178. The van der Waals surface area contributed by atoms with Crippen LogP contribution in [0.2, 0.25) is 0 Å². The van der Waals surface area contributed by atoms with Gasteiger partial charge in [-0.3, -0.25) is 4.90 Å². The summed E-state index contributed by atoms with van der Waals surface area (Å²) in [7, 11) is 3.60. The van der Waals surface area contributed by atoms with Crippen LogP contribution in [0.5, 0.6) is 0 Å². The molecular formula is C16H39N3O3. The molecule has 1 rings (SSSR count). The summed E-state index contributed by atoms with van der Waals surface area (Å²) in [5.41, 5.74) is 0. The van der Waals surface area contributed by atoms with Gasteiger partial charge in [-0.1, -0.05) is 20.8 Å². The number of nitrogens with zero attached hydrogens (tertiary/aromatic N) is 1. The highest BCUT2D eigenvalue weighted by molar-refractivity contribution is 4.66. The average Bonchev–Trinajstić information content (AvgIpc) is 2.60. The zero-order valence-electron chi connectivity index (χ0n) is 15.5. The summed E-state index contributed by atoms with van der Waals surface area (Å²) >= 11 is 0. The first kappa shape index (κ1) is 24.0. The molecular weight excluding hydrogens is 282 g/mol. The van der Waals surface area contributed by atoms with Gasteiger partial charge in [0.2, 0.25) is 0 Å². The Morgan fingerprint density at radius 1 is 0.955 bits per heavy atom. The molecule has 1 fully saturated rings. The van der Waals surface area contributed by atoms with Crippen molar-refractivity contribution in [3.63, 3.8) is 0 Å². The Morgan fingerprint density at radius 3 is 1.95 bits per heavy atom. The predicted octanol–water partition coefficient (Wildman–Crippen LogP) is 0.823. The predicted molar refractivity (Wildman–Crippen MR) is 93.8 cm³/mol. The van der Waals surface area contributed by atoms with Crippen LogP contribution in [-0.4, -0.2) is 91.4 Å². The lowest BCUT2D eigenvalue weighted by Gasteiger charge is -2.26. The minimum atomic E-state index is 0.650. The van der Waals surface area contributed by atoms with E-state index in [1.807, 2.05) is 20.9 Å². The molecule has 0 radical (unpaired) electrons. The fraction of sp³-hybridized carbons (Fsp3) is 1.00. The Balaban J connectivity index is 0. The van der Waals surface area contributed by atoms with Crippen LogP contribution >= 0.6 is 0 Å². The summed E-state index contributed by atoms with van der Waals surface area (Å²) in [6, 6.07) is 0. The number of ether oxygens (including phenoxy) is 3. The van der Waals surface area contributed by atoms with Crippen LogP contribution in [0, 0.1) is 0 Å². The fourth-order valence-electron chi connectivity index (χ4n) is 1.59. The maximum Gasteiger partial charge on any atom is 0.0701 e. The maximum absolute atomic E-state index is 5.49. The fourth-order valence-corrected chi connectivity index (χ4v) is 1.59. The van der Waals surface area contributed by atoms with Crippen molar-refractivity contribution in [1.82, 2.24) is 15.5 Å². The second-order valence-corrected chi connectivity index (χ2v) is 4.52. The van der Waals surface area contributed by atoms with Crippen LogP contribution < -0.4 is 10.6 Å². The molecule has 1 aliphatic heterocycles. The first-order valence-corrected chi connectivity index (χ1v) is 8.57. The Morgan fingerprint density at radius 2 is 1.45 bits per heavy atom. The summed E-state index contributed by atoms with van der Waals surface area (Å²) in [5.74, 6) is 0. The van der Waals surface area contributed by atoms with Crippen LogP contribution in [0.15, 0.2) is 0 Å². The number of hydrogen-bond donors (Lipinski definition) is 2. The Labute approximate surface area is 137 Å². The topological polar surface area (TPSA) is 55.0 Å². The minimum Gasteiger partial charge on any atom is -0.382 e. The van der Waals surface area contributed by atoms with Crippen molar-refractivity contribution in [2.75, 3.05) is 86.5 Å². The second-order valence-electron chi connectivity index (χ2n) is 4.52. The van der Waals surface area contributed by atoms with Crippen molar-refractivity contribution in [3.8, 4) is 0 Å². The molecule has 1 heterocycles. The number of nitrogens with one attached hydrogen (secondary N) is 2. The van der Waals surface area contributed by atoms with Crippen LogP contribution in [0.25, 0.3) is 0 Å². The number of methoxy groups -OCH3 is 1. The molecule has 1 saturated heterocycles. The van der Waals surface area contributed by atoms with E-state index in [0.717, 1.165) is 45.9 Å². The summed E-state index contributed by atoms with van der Waals surface area (Å²) in [5, 5.41) is 6.26. The van der Waals surface area contributed by atoms with Crippen LogP contribution in [-0.2, 0) is 14.2 Å². The SMILES string of the molecule is CC.CCNC.COCCOCCOCCN1CCNCC1. The molecule has 0 aliphatic carbocycles. The van der Waals surface area contributed by atoms with Gasteiger partial charge >= 0.3 is 0 Å². The van der Waals surface area contributed by atoms with Gasteiger partial charge in [0.05, 0.1) is 33.0 Å². The highest BCUT2D eigenvalue weighted by atomic mass is 16.5. The lowest BCUT2D eigenvalue weighted by molar-refractivity contribution is 0.0188. The normalized spacial score (nSPS) is 14.6. The molecule has 22 heavy (non-hydrogen) atoms. The van der Waals surface area contributed by atoms with E-state index in [4.69, 9.17) is 14.2 Å². The standard InChI is InChI=1S/C11H24N2O3.C3H9N.C2H6/c1-14-8-9-16-11-10-15-7-6-13-4-2-12-3-5-13;1-3-4-2;1-2/h12H,2-11H2,1H3;4H,3H2,1-2H3;1-2H3. The van der Waals surface area contributed by atoms with Crippen LogP contribution in [0.1, 0.15) is 20.8 Å². The van der Waals surface area contributed by atoms with E-state index in [1.165, 1.54) is 0 Å². The monoisotopic (exact) mass is 321 g/mol. The van der Waals surface area contributed by atoms with E-state index < -0.39 is 0 Å². The largest absolute Gasteiger partial charge is 0.382 e. The van der Waals surface area contributed by atoms with Crippen molar-refractivity contribution >= 4 is 0 Å². The van der Waals surface area contributed by atoms with Gasteiger partial charge in [-0.15, -0.1) is 0 Å². The summed E-state index contributed by atoms with van der Waals surface area (Å²) in [6.45, 7) is 16.1. The van der Waals surface area contributed by atoms with Gasteiger partial charge in [-0.2, -0.15) is 0 Å². The number of rotatable bonds is 10. The van der Waals surface area contributed by atoms with Crippen molar-refractivity contribution in [2.24, 2.45) is 0 Å². The van der Waals surface area contributed by atoms with Gasteiger partial charge < -0.3 is 24.8 Å². The molecule has 0 amide bonds. The lowest BCUT2D eigenvalue weighted by atomic mass is 10.4. The molecule has 0 aromatic rings. The molecule has 2 N–H and O–H groups in total. The zero-order chi connectivity index (χ0) is 16.9. The summed E-state index contributed by atoms with van der Waals surface area (Å²) in [4.78, 5) is 2.42. The minimum absolute atomic E-state index is 0.650. The third kappa shape index (κ3) is 19.8. The van der Waals surface area contributed by atoms with E-state index in [2.05, 4.69) is 22.5 Å². The van der Waals surface area contributed by atoms with Gasteiger partial charge in [0.15, 0.2) is 0 Å². The summed E-state index contributed by atoms with van der Waals surface area (Å²) in [6.07, 6.45) is 0. The highest BCUT2D eigenvalue weighted by Gasteiger charge is 2.07. The Hall–Kier alpha value is -0.240. The molecule has 0 unspecified atom stereocenters. The molecule has 0 bridgehead atoms. The van der Waals surface area contributed by atoms with Gasteiger partial charge in [0, 0.05) is 39.8 Å². The van der Waals surface area contributed by atoms with Crippen molar-refractivity contribution in [2.45, 2.75) is 20.8 Å². The number of hydrogen-bond acceptors (Lipinski definition) is 6. The molecule has 0 aromatic carbocycles. The average molecular weight is 322 g/mol. The molecule has 0 spiro atoms. The summed E-state index contributed by atoms with van der Waals surface area (Å²) < 4.78 is 15.7. The smallest absolute Gasteiger partial charge is 0.0701 e. The zero-order valence-corrected chi connectivity index (χ0v) is 15.5. The lowest BCUT2D eigenvalue weighted by Crippen LogP contribution is -2.44. The van der Waals surface area contributed by atoms with Gasteiger partial charge in [0.25, 0.3) is 0 Å². The molecule has 0 atom stereocenters. The van der Waals surface area contributed by atoms with Crippen molar-refractivity contribution in [1.29, 1.82) is 0 Å². The van der Waals surface area contributed by atoms with E-state index in [1.54, 1.807) is 7.11 Å². The molecule has 136 valence electrons. The Kier molecular flexibility index (Phi) is 25.1. The molecule has 0 aromatic heterocycles. The van der Waals surface area contributed by atoms with E-state index in [-0.39, 0.29) is 0 Å². The second kappa shape index (κ2) is 23.0. The molecule has 6 nitrogen and oxygen atoms in total. The van der Waals surface area contributed by atoms with Crippen molar-refractivity contribution < 1.29 is 14.2 Å². The van der Waals surface area contributed by atoms with Gasteiger partial charge in [-0.05, 0) is 13.6 Å². The van der Waals surface area contributed by atoms with Gasteiger partial charge in [0.1, 0.15) is 0 Å². The number of piperazine rings is 1. The third-order valence-electron chi connectivity index (χ3n) is 2.92. The molecule has 1 aliphatic rings. The third-order valence-corrected chi connectivity index (χ3v) is 2.92. The van der Waals surface area contributed by atoms with Crippen LogP contribution in [0.4, 0.5) is 0 Å².